The molecule has 0 spiro atoms. The summed E-state index contributed by atoms with van der Waals surface area (Å²) >= 11 is 0. The Hall–Kier alpha value is -1.84. The van der Waals surface area contributed by atoms with Crippen molar-refractivity contribution in [2.75, 3.05) is 4.90 Å². The summed E-state index contributed by atoms with van der Waals surface area (Å²) in [6.45, 7) is 2.03. The summed E-state index contributed by atoms with van der Waals surface area (Å²) in [5.74, 6) is 0.00820. The summed E-state index contributed by atoms with van der Waals surface area (Å²) in [6, 6.07) is 7.76. The fraction of sp³-hybridized carbons (Fsp3) is 0.333. The smallest absolute Gasteiger partial charge is 0.222 e. The summed E-state index contributed by atoms with van der Waals surface area (Å²) in [4.78, 5) is 24.2. The van der Waals surface area contributed by atoms with Gasteiger partial charge in [0.15, 0.2) is 0 Å². The molecule has 2 amide bonds. The van der Waals surface area contributed by atoms with E-state index < -0.39 is 0 Å². The van der Waals surface area contributed by atoms with E-state index in [1.165, 1.54) is 0 Å². The number of hydrogen-bond donors (Lipinski definition) is 1. The molecule has 2 aliphatic heterocycles. The van der Waals surface area contributed by atoms with Crippen molar-refractivity contribution >= 4 is 18.0 Å². The van der Waals surface area contributed by atoms with Gasteiger partial charge in [-0.05, 0) is 11.6 Å². The molecule has 0 aromatic heterocycles. The number of nitrogens with zero attached hydrogens (tertiary/aromatic N) is 1. The van der Waals surface area contributed by atoms with Crippen molar-refractivity contribution in [1.29, 1.82) is 0 Å². The van der Waals surface area contributed by atoms with E-state index in [9.17, 15) is 9.59 Å². The normalized spacial score (nSPS) is 30.9. The fourth-order valence-corrected chi connectivity index (χ4v) is 2.85. The SMILES string of the molecule is C[C@@]12CC(=O)N[C@@H]1N(C=O)c1ccccc12. The molecule has 0 bridgehead atoms. The second-order valence-electron chi connectivity index (χ2n) is 4.59. The molecule has 0 saturated carbocycles. The van der Waals surface area contributed by atoms with Crippen molar-refractivity contribution in [2.45, 2.75) is 24.9 Å². The Labute approximate surface area is 93.2 Å². The van der Waals surface area contributed by atoms with Crippen LogP contribution in [-0.4, -0.2) is 18.5 Å². The Balaban J connectivity index is 2.22. The first-order valence-corrected chi connectivity index (χ1v) is 5.29. The van der Waals surface area contributed by atoms with Crippen LogP contribution in [0.4, 0.5) is 5.69 Å². The molecule has 16 heavy (non-hydrogen) atoms. The van der Waals surface area contributed by atoms with Crippen LogP contribution in [0.5, 0.6) is 0 Å². The van der Waals surface area contributed by atoms with Gasteiger partial charge in [0.25, 0.3) is 0 Å². The van der Waals surface area contributed by atoms with Crippen molar-refractivity contribution in [2.24, 2.45) is 0 Å². The van der Waals surface area contributed by atoms with Crippen LogP contribution in [0, 0.1) is 0 Å². The highest BCUT2D eigenvalue weighted by Crippen LogP contribution is 2.48. The zero-order chi connectivity index (χ0) is 11.3. The molecule has 4 heteroatoms. The van der Waals surface area contributed by atoms with E-state index in [0.717, 1.165) is 17.7 Å². The number of anilines is 1. The van der Waals surface area contributed by atoms with Crippen LogP contribution in [0.2, 0.25) is 0 Å². The van der Waals surface area contributed by atoms with Crippen LogP contribution in [0.1, 0.15) is 18.9 Å². The Morgan fingerprint density at radius 3 is 3.00 bits per heavy atom. The average Bonchev–Trinajstić information content (AvgIpc) is 2.67. The van der Waals surface area contributed by atoms with Gasteiger partial charge in [0.2, 0.25) is 12.3 Å². The van der Waals surface area contributed by atoms with Crippen molar-refractivity contribution in [3.63, 3.8) is 0 Å². The molecule has 3 rings (SSSR count). The standard InChI is InChI=1S/C12H12N2O2/c1-12-6-10(16)13-11(12)14(7-15)9-5-3-2-4-8(9)12/h2-5,7,11H,6H2,1H3,(H,13,16)/t11-,12+/m1/s1. The number of para-hydroxylation sites is 1. The third-order valence-electron chi connectivity index (χ3n) is 3.62. The van der Waals surface area contributed by atoms with E-state index in [-0.39, 0.29) is 17.5 Å². The van der Waals surface area contributed by atoms with Gasteiger partial charge in [-0.15, -0.1) is 0 Å². The van der Waals surface area contributed by atoms with Gasteiger partial charge < -0.3 is 5.32 Å². The van der Waals surface area contributed by atoms with Gasteiger partial charge in [-0.3, -0.25) is 14.5 Å². The van der Waals surface area contributed by atoms with Crippen LogP contribution in [0.15, 0.2) is 24.3 Å². The number of hydrogen-bond acceptors (Lipinski definition) is 2. The highest BCUT2D eigenvalue weighted by atomic mass is 16.2. The number of fused-ring (bicyclic) bond motifs is 3. The van der Waals surface area contributed by atoms with Crippen LogP contribution in [0.25, 0.3) is 0 Å². The van der Waals surface area contributed by atoms with Gasteiger partial charge in [-0.1, -0.05) is 25.1 Å². The number of benzene rings is 1. The maximum atomic E-state index is 11.5. The molecule has 0 aliphatic carbocycles. The minimum atomic E-state index is -0.283. The molecular formula is C12H12N2O2. The highest BCUT2D eigenvalue weighted by molar-refractivity contribution is 5.91. The molecule has 82 valence electrons. The van der Waals surface area contributed by atoms with Crippen molar-refractivity contribution < 1.29 is 9.59 Å². The monoisotopic (exact) mass is 216 g/mol. The van der Waals surface area contributed by atoms with E-state index in [4.69, 9.17) is 0 Å². The van der Waals surface area contributed by atoms with E-state index >= 15 is 0 Å². The van der Waals surface area contributed by atoms with E-state index in [2.05, 4.69) is 5.32 Å². The quantitative estimate of drug-likeness (QED) is 0.705. The molecule has 1 aromatic rings. The minimum Gasteiger partial charge on any atom is -0.335 e. The zero-order valence-electron chi connectivity index (χ0n) is 8.93. The Kier molecular flexibility index (Phi) is 1.67. The molecule has 2 aliphatic rings. The Morgan fingerprint density at radius 2 is 2.25 bits per heavy atom. The van der Waals surface area contributed by atoms with Gasteiger partial charge >= 0.3 is 0 Å². The molecule has 1 fully saturated rings. The number of nitrogens with one attached hydrogen (secondary N) is 1. The first-order valence-electron chi connectivity index (χ1n) is 5.29. The number of rotatable bonds is 1. The molecule has 0 unspecified atom stereocenters. The van der Waals surface area contributed by atoms with Crippen LogP contribution in [-0.2, 0) is 15.0 Å². The molecule has 0 radical (unpaired) electrons. The summed E-state index contributed by atoms with van der Waals surface area (Å²) in [5, 5.41) is 2.86. The Bertz CT molecular complexity index is 486. The topological polar surface area (TPSA) is 49.4 Å². The predicted molar refractivity (Wildman–Crippen MR) is 58.9 cm³/mol. The van der Waals surface area contributed by atoms with Gasteiger partial charge in [-0.25, -0.2) is 0 Å². The molecule has 2 atom stereocenters. The van der Waals surface area contributed by atoms with Gasteiger partial charge in [-0.2, -0.15) is 0 Å². The maximum absolute atomic E-state index is 11.5. The molecule has 2 heterocycles. The second kappa shape index (κ2) is 2.84. The van der Waals surface area contributed by atoms with Crippen LogP contribution < -0.4 is 10.2 Å². The lowest BCUT2D eigenvalue weighted by Crippen LogP contribution is -2.46. The predicted octanol–water partition coefficient (Wildman–Crippen LogP) is 0.767. The fourth-order valence-electron chi connectivity index (χ4n) is 2.85. The van der Waals surface area contributed by atoms with Crippen molar-refractivity contribution in [3.05, 3.63) is 29.8 Å². The minimum absolute atomic E-state index is 0.00820. The van der Waals surface area contributed by atoms with E-state index in [0.29, 0.717) is 6.42 Å². The third-order valence-corrected chi connectivity index (χ3v) is 3.62. The highest BCUT2D eigenvalue weighted by Gasteiger charge is 2.53. The lowest BCUT2D eigenvalue weighted by Gasteiger charge is -2.25. The maximum Gasteiger partial charge on any atom is 0.222 e. The zero-order valence-corrected chi connectivity index (χ0v) is 8.93. The van der Waals surface area contributed by atoms with Crippen molar-refractivity contribution in [3.8, 4) is 0 Å². The largest absolute Gasteiger partial charge is 0.335 e. The third kappa shape index (κ3) is 0.939. The summed E-state index contributed by atoms with van der Waals surface area (Å²) in [6.07, 6.45) is 1.01. The van der Waals surface area contributed by atoms with Crippen LogP contribution >= 0.6 is 0 Å². The second-order valence-corrected chi connectivity index (χ2v) is 4.59. The summed E-state index contributed by atoms with van der Waals surface area (Å²) in [7, 11) is 0. The number of carbonyl (C=O) groups excluding carboxylic acids is 2. The first-order chi connectivity index (χ1) is 7.66. The summed E-state index contributed by atoms with van der Waals surface area (Å²) in [5.41, 5.74) is 1.70. The first kappa shape index (κ1) is 9.39. The molecule has 1 N–H and O–H groups in total. The molecule has 1 saturated heterocycles. The lowest BCUT2D eigenvalue weighted by atomic mass is 9.81. The van der Waals surface area contributed by atoms with E-state index in [1.807, 2.05) is 31.2 Å². The Morgan fingerprint density at radius 1 is 1.50 bits per heavy atom. The van der Waals surface area contributed by atoms with Crippen LogP contribution in [0.3, 0.4) is 0 Å². The number of carbonyl (C=O) groups is 2. The van der Waals surface area contributed by atoms with E-state index in [1.54, 1.807) is 4.90 Å². The lowest BCUT2D eigenvalue weighted by molar-refractivity contribution is -0.119. The summed E-state index contributed by atoms with van der Waals surface area (Å²) < 4.78 is 0. The molecular weight excluding hydrogens is 204 g/mol. The van der Waals surface area contributed by atoms with Gasteiger partial charge in [0.1, 0.15) is 6.17 Å². The van der Waals surface area contributed by atoms with Crippen molar-refractivity contribution in [1.82, 2.24) is 5.32 Å². The average molecular weight is 216 g/mol. The van der Waals surface area contributed by atoms with Gasteiger partial charge in [0.05, 0.1) is 0 Å². The number of amides is 2. The van der Waals surface area contributed by atoms with Gasteiger partial charge in [0, 0.05) is 17.5 Å². The molecule has 4 nitrogen and oxygen atoms in total. The molecule has 1 aromatic carbocycles.